The van der Waals surface area contributed by atoms with Crippen LogP contribution in [-0.4, -0.2) is 25.5 Å². The topological polar surface area (TPSA) is 70.4 Å². The van der Waals surface area contributed by atoms with Gasteiger partial charge in [-0.15, -0.1) is 11.3 Å². The Morgan fingerprint density at radius 1 is 1.50 bits per heavy atom. The van der Waals surface area contributed by atoms with Crippen molar-refractivity contribution in [3.63, 3.8) is 0 Å². The van der Waals surface area contributed by atoms with Crippen molar-refractivity contribution >= 4 is 28.2 Å². The Kier molecular flexibility index (Phi) is 5.33. The van der Waals surface area contributed by atoms with Crippen molar-refractivity contribution < 1.29 is 14.3 Å². The van der Waals surface area contributed by atoms with Gasteiger partial charge in [0.2, 0.25) is 5.91 Å². The van der Waals surface area contributed by atoms with E-state index in [0.29, 0.717) is 0 Å². The summed E-state index contributed by atoms with van der Waals surface area (Å²) in [5.41, 5.74) is 0.946. The second kappa shape index (κ2) is 6.77. The third-order valence-electron chi connectivity index (χ3n) is 2.38. The summed E-state index contributed by atoms with van der Waals surface area (Å²) in [6, 6.07) is 3.85. The number of anilines is 1. The van der Waals surface area contributed by atoms with Crippen molar-refractivity contribution in [2.24, 2.45) is 0 Å². The van der Waals surface area contributed by atoms with Crippen LogP contribution in [0.3, 0.4) is 0 Å². The monoisotopic (exact) mass is 266 g/mol. The third kappa shape index (κ3) is 3.57. The second-order valence-corrected chi connectivity index (χ2v) is 4.52. The predicted molar refractivity (Wildman–Crippen MR) is 68.3 cm³/mol. The molecule has 0 atom stereocenters. The zero-order valence-corrected chi connectivity index (χ0v) is 11.1. The third-order valence-corrected chi connectivity index (χ3v) is 3.42. The van der Waals surface area contributed by atoms with E-state index in [-0.39, 0.29) is 25.3 Å². The highest BCUT2D eigenvalue weighted by Gasteiger charge is 2.19. The van der Waals surface area contributed by atoms with Crippen molar-refractivity contribution in [2.75, 3.05) is 18.6 Å². The molecule has 1 aromatic heterocycles. The van der Waals surface area contributed by atoms with Crippen LogP contribution in [0, 0.1) is 18.3 Å². The molecule has 0 saturated carbocycles. The Labute approximate surface area is 110 Å². The summed E-state index contributed by atoms with van der Waals surface area (Å²) in [6.45, 7) is 1.87. The molecule has 0 aliphatic rings. The lowest BCUT2D eigenvalue weighted by Gasteiger charge is -2.18. The van der Waals surface area contributed by atoms with Crippen molar-refractivity contribution in [3.05, 3.63) is 17.0 Å². The summed E-state index contributed by atoms with van der Waals surface area (Å²) in [6.07, 6.45) is 0.0768. The lowest BCUT2D eigenvalue weighted by Crippen LogP contribution is -2.31. The number of ether oxygens (including phenoxy) is 1. The molecule has 96 valence electrons. The van der Waals surface area contributed by atoms with Crippen LogP contribution in [0.25, 0.3) is 0 Å². The molecule has 0 aliphatic heterocycles. The minimum Gasteiger partial charge on any atom is -0.469 e. The molecular weight excluding hydrogens is 252 g/mol. The van der Waals surface area contributed by atoms with E-state index in [9.17, 15) is 9.59 Å². The number of carbonyl (C=O) groups excluding carboxylic acids is 2. The van der Waals surface area contributed by atoms with E-state index in [1.807, 2.05) is 24.4 Å². The number of carbonyl (C=O) groups is 2. The molecule has 0 unspecified atom stereocenters. The molecule has 0 spiro atoms. The Hall–Kier alpha value is -1.87. The molecule has 1 rings (SSSR count). The maximum atomic E-state index is 12.0. The van der Waals surface area contributed by atoms with Gasteiger partial charge in [-0.1, -0.05) is 0 Å². The Morgan fingerprint density at radius 3 is 2.72 bits per heavy atom. The van der Waals surface area contributed by atoms with E-state index in [1.165, 1.54) is 23.3 Å². The number of amides is 1. The zero-order chi connectivity index (χ0) is 13.5. The molecule has 0 N–H and O–H groups in total. The standard InChI is InChI=1S/C12H14N2O3S/c1-9-5-8-18-12(9)14(7-6-13)10(15)3-4-11(16)17-2/h5,8H,3-4,7H2,1-2H3. The summed E-state index contributed by atoms with van der Waals surface area (Å²) in [4.78, 5) is 24.4. The number of esters is 1. The first-order chi connectivity index (χ1) is 8.60. The molecule has 5 nitrogen and oxygen atoms in total. The number of hydrogen-bond donors (Lipinski definition) is 0. The minimum atomic E-state index is -0.428. The normalized spacial score (nSPS) is 9.61. The van der Waals surface area contributed by atoms with Gasteiger partial charge in [0.05, 0.1) is 19.6 Å². The van der Waals surface area contributed by atoms with Crippen LogP contribution in [0.4, 0.5) is 5.00 Å². The summed E-state index contributed by atoms with van der Waals surface area (Å²) in [7, 11) is 1.28. The van der Waals surface area contributed by atoms with E-state index >= 15 is 0 Å². The number of nitriles is 1. The van der Waals surface area contributed by atoms with Gasteiger partial charge in [-0.25, -0.2) is 0 Å². The van der Waals surface area contributed by atoms with Crippen molar-refractivity contribution in [2.45, 2.75) is 19.8 Å². The molecule has 6 heteroatoms. The summed E-state index contributed by atoms with van der Waals surface area (Å²) in [5.74, 6) is -0.671. The van der Waals surface area contributed by atoms with Gasteiger partial charge in [-0.2, -0.15) is 5.26 Å². The van der Waals surface area contributed by atoms with Crippen molar-refractivity contribution in [3.8, 4) is 6.07 Å². The number of aryl methyl sites for hydroxylation is 1. The van der Waals surface area contributed by atoms with E-state index in [4.69, 9.17) is 5.26 Å². The largest absolute Gasteiger partial charge is 0.469 e. The van der Waals surface area contributed by atoms with E-state index in [2.05, 4.69) is 4.74 Å². The first kappa shape index (κ1) is 14.2. The average molecular weight is 266 g/mol. The number of nitrogens with zero attached hydrogens (tertiary/aromatic N) is 2. The van der Waals surface area contributed by atoms with Gasteiger partial charge in [0, 0.05) is 6.42 Å². The quantitative estimate of drug-likeness (QED) is 0.602. The zero-order valence-electron chi connectivity index (χ0n) is 10.3. The molecular formula is C12H14N2O3S. The minimum absolute atomic E-state index is 0.0125. The van der Waals surface area contributed by atoms with Crippen molar-refractivity contribution in [1.29, 1.82) is 5.26 Å². The molecule has 1 amide bonds. The van der Waals surface area contributed by atoms with E-state index in [1.54, 1.807) is 0 Å². The average Bonchev–Trinajstić information content (AvgIpc) is 2.78. The van der Waals surface area contributed by atoms with E-state index in [0.717, 1.165) is 10.6 Å². The molecule has 1 aromatic rings. The fraction of sp³-hybridized carbons (Fsp3) is 0.417. The van der Waals surface area contributed by atoms with Crippen LogP contribution in [0.15, 0.2) is 11.4 Å². The Morgan fingerprint density at radius 2 is 2.22 bits per heavy atom. The molecule has 18 heavy (non-hydrogen) atoms. The lowest BCUT2D eigenvalue weighted by molar-refractivity contribution is -0.141. The van der Waals surface area contributed by atoms with Gasteiger partial charge in [0.15, 0.2) is 0 Å². The molecule has 0 bridgehead atoms. The first-order valence-electron chi connectivity index (χ1n) is 5.38. The molecule has 0 saturated heterocycles. The van der Waals surface area contributed by atoms with Crippen LogP contribution in [0.1, 0.15) is 18.4 Å². The molecule has 0 aromatic carbocycles. The predicted octanol–water partition coefficient (Wildman–Crippen LogP) is 1.87. The summed E-state index contributed by atoms with van der Waals surface area (Å²) in [5, 5.41) is 11.4. The highest BCUT2D eigenvalue weighted by molar-refractivity contribution is 7.14. The maximum Gasteiger partial charge on any atom is 0.306 e. The van der Waals surface area contributed by atoms with Crippen LogP contribution in [0.2, 0.25) is 0 Å². The number of rotatable bonds is 5. The fourth-order valence-corrected chi connectivity index (χ4v) is 2.38. The summed E-state index contributed by atoms with van der Waals surface area (Å²) < 4.78 is 4.48. The van der Waals surface area contributed by atoms with Crippen LogP contribution < -0.4 is 4.90 Å². The molecule has 0 fully saturated rings. The number of methoxy groups -OCH3 is 1. The van der Waals surface area contributed by atoms with Gasteiger partial charge in [-0.05, 0) is 23.9 Å². The van der Waals surface area contributed by atoms with Crippen LogP contribution >= 0.6 is 11.3 Å². The Balaban J connectivity index is 2.74. The Bertz CT molecular complexity index is 476. The lowest BCUT2D eigenvalue weighted by atomic mass is 10.2. The second-order valence-electron chi connectivity index (χ2n) is 3.62. The fourth-order valence-electron chi connectivity index (χ4n) is 1.43. The van der Waals surface area contributed by atoms with Gasteiger partial charge in [0.1, 0.15) is 11.5 Å². The SMILES string of the molecule is COC(=O)CCC(=O)N(CC#N)c1sccc1C. The van der Waals surface area contributed by atoms with Gasteiger partial charge in [-0.3, -0.25) is 14.5 Å². The van der Waals surface area contributed by atoms with Crippen LogP contribution in [0.5, 0.6) is 0 Å². The highest BCUT2D eigenvalue weighted by Crippen LogP contribution is 2.27. The van der Waals surface area contributed by atoms with Gasteiger partial charge in [0.25, 0.3) is 0 Å². The maximum absolute atomic E-state index is 12.0. The molecule has 1 heterocycles. The van der Waals surface area contributed by atoms with Crippen molar-refractivity contribution in [1.82, 2.24) is 0 Å². The number of thiophene rings is 1. The molecule has 0 aliphatic carbocycles. The first-order valence-corrected chi connectivity index (χ1v) is 6.26. The van der Waals surface area contributed by atoms with Gasteiger partial charge < -0.3 is 4.74 Å². The van der Waals surface area contributed by atoms with Gasteiger partial charge >= 0.3 is 5.97 Å². The van der Waals surface area contributed by atoms with E-state index < -0.39 is 5.97 Å². The summed E-state index contributed by atoms with van der Waals surface area (Å²) >= 11 is 1.40. The highest BCUT2D eigenvalue weighted by atomic mass is 32.1. The number of hydrogen-bond acceptors (Lipinski definition) is 5. The smallest absolute Gasteiger partial charge is 0.306 e. The van der Waals surface area contributed by atoms with Crippen LogP contribution in [-0.2, 0) is 14.3 Å². The molecule has 0 radical (unpaired) electrons.